The molecular weight excluding hydrogens is 497 g/mol. The van der Waals surface area contributed by atoms with E-state index in [0.29, 0.717) is 28.9 Å². The van der Waals surface area contributed by atoms with Gasteiger partial charge in [0, 0.05) is 0 Å². The van der Waals surface area contributed by atoms with Crippen molar-refractivity contribution in [2.75, 3.05) is 6.61 Å². The molecule has 2 nitrogen and oxygen atoms in total. The standard InChI is InChI=1S/C34H49F3O2/c1-21(20-39-32(38)23-18-29(35)31(37)30(36)19-23)8-7-9-22(2)26-13-14-27-25-12-11-24-10-5-6-16-33(24,3)28(25)15-17-34(26,27)4/h18-19,21-22,24-28H,5-17,20H2,1-4H3/t21?,22-,24?,25+,26-,27+,28+,33+,34-/m1/s1. The normalized spacial score (nSPS) is 37.4. The van der Waals surface area contributed by atoms with Gasteiger partial charge in [0.25, 0.3) is 0 Å². The summed E-state index contributed by atoms with van der Waals surface area (Å²) >= 11 is 0. The largest absolute Gasteiger partial charge is 0.462 e. The van der Waals surface area contributed by atoms with E-state index in [1.807, 2.05) is 6.92 Å². The van der Waals surface area contributed by atoms with Crippen LogP contribution in [-0.2, 0) is 4.74 Å². The number of hydrogen-bond donors (Lipinski definition) is 0. The van der Waals surface area contributed by atoms with Gasteiger partial charge in [-0.15, -0.1) is 0 Å². The van der Waals surface area contributed by atoms with Crippen LogP contribution in [0.15, 0.2) is 12.1 Å². The zero-order chi connectivity index (χ0) is 27.9. The summed E-state index contributed by atoms with van der Waals surface area (Å²) in [6.07, 6.45) is 17.6. The molecule has 4 aliphatic carbocycles. The molecule has 5 rings (SSSR count). The summed E-state index contributed by atoms with van der Waals surface area (Å²) in [6.45, 7) is 10.0. The lowest BCUT2D eigenvalue weighted by molar-refractivity contribution is -0.114. The van der Waals surface area contributed by atoms with E-state index in [1.54, 1.807) is 0 Å². The highest BCUT2D eigenvalue weighted by Gasteiger charge is 2.60. The molecular formula is C34H49F3O2. The summed E-state index contributed by atoms with van der Waals surface area (Å²) in [4.78, 5) is 12.2. The lowest BCUT2D eigenvalue weighted by Gasteiger charge is -2.61. The van der Waals surface area contributed by atoms with Crippen molar-refractivity contribution in [3.63, 3.8) is 0 Å². The lowest BCUT2D eigenvalue weighted by atomic mass is 9.44. The van der Waals surface area contributed by atoms with Gasteiger partial charge in [0.15, 0.2) is 17.5 Å². The number of benzene rings is 1. The van der Waals surface area contributed by atoms with Gasteiger partial charge in [-0.1, -0.05) is 53.4 Å². The molecule has 4 saturated carbocycles. The second-order valence-corrected chi connectivity index (χ2v) is 14.5. The fraction of sp³-hybridized carbons (Fsp3) is 0.794. The molecule has 4 fully saturated rings. The SMILES string of the molecule is CC(CCC[C@@H](C)[C@H]1CC[C@H]2[C@@H]3CCC4CCCC[C@]4(C)[C@H]3CC[C@]12C)COC(=O)c1cc(F)c(F)c(F)c1. The molecule has 218 valence electrons. The van der Waals surface area contributed by atoms with Crippen LogP contribution in [0.25, 0.3) is 0 Å². The molecule has 0 spiro atoms. The maximum Gasteiger partial charge on any atom is 0.338 e. The smallest absolute Gasteiger partial charge is 0.338 e. The average molecular weight is 547 g/mol. The molecule has 1 aromatic carbocycles. The third-order valence-corrected chi connectivity index (χ3v) is 12.4. The third kappa shape index (κ3) is 5.42. The number of carbonyl (C=O) groups is 1. The monoisotopic (exact) mass is 546 g/mol. The van der Waals surface area contributed by atoms with Crippen molar-refractivity contribution >= 4 is 5.97 Å². The second kappa shape index (κ2) is 11.4. The molecule has 4 aliphatic rings. The summed E-state index contributed by atoms with van der Waals surface area (Å²) in [5, 5.41) is 0. The number of halogens is 3. The zero-order valence-electron chi connectivity index (χ0n) is 24.5. The molecule has 5 heteroatoms. The highest BCUT2D eigenvalue weighted by molar-refractivity contribution is 5.89. The van der Waals surface area contributed by atoms with Gasteiger partial charge in [-0.3, -0.25) is 0 Å². The van der Waals surface area contributed by atoms with Gasteiger partial charge in [0.05, 0.1) is 12.2 Å². The number of hydrogen-bond acceptors (Lipinski definition) is 2. The summed E-state index contributed by atoms with van der Waals surface area (Å²) < 4.78 is 45.3. The van der Waals surface area contributed by atoms with Crippen molar-refractivity contribution in [1.29, 1.82) is 0 Å². The molecule has 0 heterocycles. The Bertz CT molecular complexity index is 1020. The van der Waals surface area contributed by atoms with E-state index >= 15 is 0 Å². The summed E-state index contributed by atoms with van der Waals surface area (Å²) in [5.41, 5.74) is 0.793. The number of fused-ring (bicyclic) bond motifs is 5. The molecule has 39 heavy (non-hydrogen) atoms. The second-order valence-electron chi connectivity index (χ2n) is 14.5. The Morgan fingerprint density at radius 1 is 0.897 bits per heavy atom. The number of esters is 1. The van der Waals surface area contributed by atoms with Crippen LogP contribution in [0.3, 0.4) is 0 Å². The molecule has 0 saturated heterocycles. The van der Waals surface area contributed by atoms with Crippen LogP contribution in [0.5, 0.6) is 0 Å². The van der Waals surface area contributed by atoms with Crippen LogP contribution in [0, 0.1) is 69.7 Å². The quantitative estimate of drug-likeness (QED) is 0.240. The minimum absolute atomic E-state index is 0.157. The first kappa shape index (κ1) is 29.0. The maximum atomic E-state index is 13.4. The first-order valence-corrected chi connectivity index (χ1v) is 15.9. The van der Waals surface area contributed by atoms with E-state index in [1.165, 1.54) is 70.6 Å². The highest BCUT2D eigenvalue weighted by atomic mass is 19.2. The Labute approximate surface area is 233 Å². The Morgan fingerprint density at radius 3 is 2.36 bits per heavy atom. The minimum Gasteiger partial charge on any atom is -0.462 e. The van der Waals surface area contributed by atoms with E-state index in [0.717, 1.165) is 42.4 Å². The Morgan fingerprint density at radius 2 is 1.62 bits per heavy atom. The van der Waals surface area contributed by atoms with Gasteiger partial charge in [0.2, 0.25) is 0 Å². The van der Waals surface area contributed by atoms with Gasteiger partial charge >= 0.3 is 5.97 Å². The van der Waals surface area contributed by atoms with Crippen molar-refractivity contribution in [1.82, 2.24) is 0 Å². The van der Waals surface area contributed by atoms with Gasteiger partial charge in [-0.2, -0.15) is 0 Å². The van der Waals surface area contributed by atoms with E-state index in [9.17, 15) is 18.0 Å². The zero-order valence-corrected chi connectivity index (χ0v) is 24.5. The summed E-state index contributed by atoms with van der Waals surface area (Å²) in [7, 11) is 0. The lowest BCUT2D eigenvalue weighted by Crippen LogP contribution is -2.53. The van der Waals surface area contributed by atoms with Crippen LogP contribution < -0.4 is 0 Å². The number of carbonyl (C=O) groups excluding carboxylic acids is 1. The topological polar surface area (TPSA) is 26.3 Å². The van der Waals surface area contributed by atoms with Crippen molar-refractivity contribution in [2.24, 2.45) is 52.3 Å². The Kier molecular flexibility index (Phi) is 8.47. The molecule has 0 N–H and O–H groups in total. The van der Waals surface area contributed by atoms with Crippen LogP contribution in [0.4, 0.5) is 13.2 Å². The van der Waals surface area contributed by atoms with Crippen LogP contribution in [0.2, 0.25) is 0 Å². The predicted octanol–water partition coefficient (Wildman–Crippen LogP) is 9.75. The van der Waals surface area contributed by atoms with Gasteiger partial charge in [0.1, 0.15) is 0 Å². The van der Waals surface area contributed by atoms with Gasteiger partial charge < -0.3 is 4.74 Å². The molecule has 9 atom stereocenters. The van der Waals surface area contributed by atoms with E-state index < -0.39 is 23.4 Å². The number of ether oxygens (including phenoxy) is 1. The van der Waals surface area contributed by atoms with E-state index in [-0.39, 0.29) is 18.1 Å². The molecule has 0 bridgehead atoms. The molecule has 2 unspecified atom stereocenters. The van der Waals surface area contributed by atoms with Gasteiger partial charge in [-0.05, 0) is 122 Å². The number of rotatable bonds is 8. The van der Waals surface area contributed by atoms with Crippen molar-refractivity contribution < 1.29 is 22.7 Å². The van der Waals surface area contributed by atoms with Crippen molar-refractivity contribution in [3.8, 4) is 0 Å². The Hall–Kier alpha value is -1.52. The van der Waals surface area contributed by atoms with Crippen LogP contribution in [-0.4, -0.2) is 12.6 Å². The highest BCUT2D eigenvalue weighted by Crippen LogP contribution is 2.68. The van der Waals surface area contributed by atoms with E-state index in [2.05, 4.69) is 20.8 Å². The maximum absolute atomic E-state index is 13.4. The molecule has 0 aromatic heterocycles. The van der Waals surface area contributed by atoms with Crippen LogP contribution >= 0.6 is 0 Å². The fourth-order valence-electron chi connectivity index (χ4n) is 10.3. The predicted molar refractivity (Wildman–Crippen MR) is 149 cm³/mol. The first-order chi connectivity index (χ1) is 18.5. The van der Waals surface area contributed by atoms with E-state index in [4.69, 9.17) is 4.74 Å². The molecule has 0 aliphatic heterocycles. The van der Waals surface area contributed by atoms with Crippen molar-refractivity contribution in [3.05, 3.63) is 35.1 Å². The molecule has 0 amide bonds. The first-order valence-electron chi connectivity index (χ1n) is 15.9. The van der Waals surface area contributed by atoms with Gasteiger partial charge in [-0.25, -0.2) is 18.0 Å². The summed E-state index contributed by atoms with van der Waals surface area (Å²) in [5.74, 6) is 0.288. The Balaban J connectivity index is 1.10. The van der Waals surface area contributed by atoms with Crippen LogP contribution in [0.1, 0.15) is 122 Å². The third-order valence-electron chi connectivity index (χ3n) is 12.4. The average Bonchev–Trinajstić information content (AvgIpc) is 3.27. The fourth-order valence-corrected chi connectivity index (χ4v) is 10.3. The summed E-state index contributed by atoms with van der Waals surface area (Å²) in [6, 6.07) is 1.38. The minimum atomic E-state index is -1.57. The van der Waals surface area contributed by atoms with Crippen molar-refractivity contribution in [2.45, 2.75) is 111 Å². The molecule has 0 radical (unpaired) electrons. The molecule has 1 aromatic rings.